The number of carbonyl (C=O) groups excluding carboxylic acids is 1. The minimum atomic E-state index is -0.0367. The van der Waals surface area contributed by atoms with E-state index >= 15 is 0 Å². The largest absolute Gasteiger partial charge is 0.494 e. The summed E-state index contributed by atoms with van der Waals surface area (Å²) >= 11 is 1.58. The van der Waals surface area contributed by atoms with E-state index in [1.54, 1.807) is 16.2 Å². The summed E-state index contributed by atoms with van der Waals surface area (Å²) in [6.07, 6.45) is 2.12. The van der Waals surface area contributed by atoms with Crippen molar-refractivity contribution in [2.45, 2.75) is 33.6 Å². The van der Waals surface area contributed by atoms with E-state index in [1.807, 2.05) is 38.4 Å². The highest BCUT2D eigenvalue weighted by molar-refractivity contribution is 7.22. The highest BCUT2D eigenvalue weighted by Crippen LogP contribution is 2.32. The highest BCUT2D eigenvalue weighted by atomic mass is 32.1. The Bertz CT molecular complexity index is 996. The van der Waals surface area contributed by atoms with Crippen molar-refractivity contribution in [2.24, 2.45) is 0 Å². The van der Waals surface area contributed by atoms with Crippen LogP contribution in [0, 0.1) is 13.8 Å². The molecule has 3 rings (SSSR count). The molecule has 0 aliphatic rings. The summed E-state index contributed by atoms with van der Waals surface area (Å²) in [4.78, 5) is 22.1. The monoisotopic (exact) mass is 425 g/mol. The maximum Gasteiger partial charge on any atom is 0.260 e. The summed E-state index contributed by atoms with van der Waals surface area (Å²) in [5, 5.41) is 0.744. The molecule has 2 aromatic carbocycles. The Morgan fingerprint density at radius 2 is 1.83 bits per heavy atom. The van der Waals surface area contributed by atoms with Crippen LogP contribution >= 0.6 is 11.3 Å². The maximum absolute atomic E-state index is 13.4. The van der Waals surface area contributed by atoms with Crippen LogP contribution in [0.1, 0.15) is 41.3 Å². The van der Waals surface area contributed by atoms with Gasteiger partial charge in [0.2, 0.25) is 0 Å². The minimum absolute atomic E-state index is 0.0367. The summed E-state index contributed by atoms with van der Waals surface area (Å²) in [5.41, 5.74) is 3.97. The highest BCUT2D eigenvalue weighted by Gasteiger charge is 2.22. The van der Waals surface area contributed by atoms with Gasteiger partial charge in [0, 0.05) is 18.7 Å². The summed E-state index contributed by atoms with van der Waals surface area (Å²) < 4.78 is 6.84. The van der Waals surface area contributed by atoms with Crippen molar-refractivity contribution >= 4 is 32.6 Å². The third-order valence-electron chi connectivity index (χ3n) is 4.93. The number of rotatable bonds is 9. The smallest absolute Gasteiger partial charge is 0.260 e. The van der Waals surface area contributed by atoms with E-state index in [0.717, 1.165) is 46.0 Å². The van der Waals surface area contributed by atoms with Crippen molar-refractivity contribution in [1.29, 1.82) is 0 Å². The molecule has 1 heterocycles. The number of unbranched alkanes of at least 4 members (excludes halogenated alkanes) is 1. The average molecular weight is 426 g/mol. The van der Waals surface area contributed by atoms with Gasteiger partial charge in [-0.05, 0) is 75.8 Å². The fourth-order valence-electron chi connectivity index (χ4n) is 3.24. The molecule has 5 nitrogen and oxygen atoms in total. The van der Waals surface area contributed by atoms with Gasteiger partial charge < -0.3 is 9.64 Å². The van der Waals surface area contributed by atoms with Gasteiger partial charge in [-0.3, -0.25) is 9.69 Å². The Balaban J connectivity index is 1.88. The van der Waals surface area contributed by atoms with Crippen LogP contribution in [0.2, 0.25) is 0 Å². The molecule has 0 unspecified atom stereocenters. The van der Waals surface area contributed by atoms with Gasteiger partial charge in [0.15, 0.2) is 5.13 Å². The zero-order valence-corrected chi connectivity index (χ0v) is 19.4. The van der Waals surface area contributed by atoms with Gasteiger partial charge in [0.05, 0.1) is 16.8 Å². The van der Waals surface area contributed by atoms with E-state index in [0.29, 0.717) is 18.7 Å². The molecule has 0 fully saturated rings. The Morgan fingerprint density at radius 1 is 1.10 bits per heavy atom. The average Bonchev–Trinajstić information content (AvgIpc) is 3.12. The zero-order valence-electron chi connectivity index (χ0n) is 18.6. The molecular formula is C24H31N3O2S. The number of fused-ring (bicyclic) bond motifs is 1. The van der Waals surface area contributed by atoms with Gasteiger partial charge in [-0.15, -0.1) is 0 Å². The number of hydrogen-bond acceptors (Lipinski definition) is 5. The molecule has 3 aromatic rings. The molecule has 0 saturated heterocycles. The molecular weight excluding hydrogens is 394 g/mol. The lowest BCUT2D eigenvalue weighted by atomic mass is 10.1. The number of carbonyl (C=O) groups is 1. The Hall–Kier alpha value is -2.44. The molecule has 0 radical (unpaired) electrons. The quantitative estimate of drug-likeness (QED) is 0.436. The van der Waals surface area contributed by atoms with Crippen molar-refractivity contribution < 1.29 is 9.53 Å². The van der Waals surface area contributed by atoms with E-state index in [-0.39, 0.29) is 5.91 Å². The molecule has 1 amide bonds. The Kier molecular flexibility index (Phi) is 7.45. The molecule has 160 valence electrons. The van der Waals surface area contributed by atoms with Gasteiger partial charge in [-0.2, -0.15) is 0 Å². The van der Waals surface area contributed by atoms with E-state index < -0.39 is 0 Å². The van der Waals surface area contributed by atoms with Crippen LogP contribution in [0.25, 0.3) is 10.2 Å². The van der Waals surface area contributed by atoms with E-state index in [4.69, 9.17) is 9.72 Å². The van der Waals surface area contributed by atoms with Crippen LogP contribution in [0.3, 0.4) is 0 Å². The molecule has 30 heavy (non-hydrogen) atoms. The fraction of sp³-hybridized carbons (Fsp3) is 0.417. The number of aryl methyl sites for hydroxylation is 2. The van der Waals surface area contributed by atoms with Gasteiger partial charge in [0.25, 0.3) is 5.91 Å². The molecule has 0 aliphatic carbocycles. The molecule has 0 aliphatic heterocycles. The van der Waals surface area contributed by atoms with Crippen molar-refractivity contribution in [3.63, 3.8) is 0 Å². The predicted molar refractivity (Wildman–Crippen MR) is 126 cm³/mol. The number of anilines is 1. The first kappa shape index (κ1) is 22.2. The van der Waals surface area contributed by atoms with Crippen LogP contribution in [0.15, 0.2) is 36.4 Å². The van der Waals surface area contributed by atoms with Crippen LogP contribution < -0.4 is 9.64 Å². The number of aromatic nitrogens is 1. The number of amides is 1. The zero-order chi connectivity index (χ0) is 21.7. The van der Waals surface area contributed by atoms with Crippen LogP contribution in [-0.4, -0.2) is 49.6 Å². The van der Waals surface area contributed by atoms with E-state index in [9.17, 15) is 4.79 Å². The Morgan fingerprint density at radius 3 is 2.50 bits per heavy atom. The van der Waals surface area contributed by atoms with E-state index in [1.165, 1.54) is 5.56 Å². The molecule has 0 atom stereocenters. The molecule has 0 N–H and O–H groups in total. The normalized spacial score (nSPS) is 11.3. The van der Waals surface area contributed by atoms with Crippen LogP contribution in [-0.2, 0) is 0 Å². The first-order chi connectivity index (χ1) is 14.4. The van der Waals surface area contributed by atoms with Crippen molar-refractivity contribution in [3.8, 4) is 5.75 Å². The summed E-state index contributed by atoms with van der Waals surface area (Å²) in [7, 11) is 4.02. The first-order valence-electron chi connectivity index (χ1n) is 10.5. The van der Waals surface area contributed by atoms with Crippen LogP contribution in [0.4, 0.5) is 5.13 Å². The number of benzene rings is 2. The topological polar surface area (TPSA) is 45.7 Å². The third kappa shape index (κ3) is 5.37. The lowest BCUT2D eigenvalue weighted by Gasteiger charge is -2.22. The van der Waals surface area contributed by atoms with Crippen molar-refractivity contribution in [1.82, 2.24) is 9.88 Å². The number of nitrogens with zero attached hydrogens (tertiary/aromatic N) is 3. The molecule has 0 saturated carbocycles. The second-order valence-corrected chi connectivity index (χ2v) is 8.92. The molecule has 0 bridgehead atoms. The van der Waals surface area contributed by atoms with Crippen LogP contribution in [0.5, 0.6) is 5.75 Å². The summed E-state index contributed by atoms with van der Waals surface area (Å²) in [6, 6.07) is 11.7. The van der Waals surface area contributed by atoms with Gasteiger partial charge >= 0.3 is 0 Å². The number of thiazole rings is 1. The Labute approximate surface area is 183 Å². The molecule has 0 spiro atoms. The van der Waals surface area contributed by atoms with Gasteiger partial charge in [-0.1, -0.05) is 30.7 Å². The maximum atomic E-state index is 13.4. The number of hydrogen-bond donors (Lipinski definition) is 0. The molecule has 1 aromatic heterocycles. The standard InChI is InChI=1S/C24H31N3O2S/c1-6-7-14-29-20-10-8-19(9-11-20)23(28)27(13-12-26(4)5)24-25-22-18(3)15-17(2)16-21(22)30-24/h8-11,15-16H,6-7,12-14H2,1-5H3. The van der Waals surface area contributed by atoms with Crippen molar-refractivity contribution in [3.05, 3.63) is 53.1 Å². The summed E-state index contributed by atoms with van der Waals surface area (Å²) in [5.74, 6) is 0.760. The molecule has 6 heteroatoms. The fourth-order valence-corrected chi connectivity index (χ4v) is 4.41. The third-order valence-corrected chi connectivity index (χ3v) is 5.96. The minimum Gasteiger partial charge on any atom is -0.494 e. The lowest BCUT2D eigenvalue weighted by Crippen LogP contribution is -2.36. The van der Waals surface area contributed by atoms with E-state index in [2.05, 4.69) is 37.8 Å². The lowest BCUT2D eigenvalue weighted by molar-refractivity contribution is 0.0985. The SMILES string of the molecule is CCCCOc1ccc(C(=O)N(CCN(C)C)c2nc3c(C)cc(C)cc3s2)cc1. The van der Waals surface area contributed by atoms with Crippen molar-refractivity contribution in [2.75, 3.05) is 38.7 Å². The van der Waals surface area contributed by atoms with Gasteiger partial charge in [0.1, 0.15) is 5.75 Å². The summed E-state index contributed by atoms with van der Waals surface area (Å²) in [6.45, 7) is 8.34. The number of likely N-dealkylation sites (N-methyl/N-ethyl adjacent to an activating group) is 1. The van der Waals surface area contributed by atoms with Gasteiger partial charge in [-0.25, -0.2) is 4.98 Å². The predicted octanol–water partition coefficient (Wildman–Crippen LogP) is 5.30. The number of ether oxygens (including phenoxy) is 1. The first-order valence-corrected chi connectivity index (χ1v) is 11.3. The second-order valence-electron chi connectivity index (χ2n) is 7.91. The second kappa shape index (κ2) is 10.0.